The summed E-state index contributed by atoms with van der Waals surface area (Å²) in [5.41, 5.74) is 3.50. The number of aromatic nitrogens is 3. The number of benzene rings is 4. The van der Waals surface area contributed by atoms with Gasteiger partial charge in [-0.1, -0.05) is 108 Å². The van der Waals surface area contributed by atoms with Crippen molar-refractivity contribution in [3.8, 4) is 0 Å². The van der Waals surface area contributed by atoms with Crippen LogP contribution in [0.3, 0.4) is 0 Å². The maximum absolute atomic E-state index is 13.6. The number of ketones is 1. The van der Waals surface area contributed by atoms with E-state index in [1.165, 1.54) is 0 Å². The van der Waals surface area contributed by atoms with E-state index in [4.69, 9.17) is 0 Å². The molecule has 0 unspecified atom stereocenters. The highest BCUT2D eigenvalue weighted by Crippen LogP contribution is 2.39. The molecular formula is C27H21N3O. The summed E-state index contributed by atoms with van der Waals surface area (Å²) >= 11 is 0. The molecule has 5 rings (SSSR count). The minimum Gasteiger partial charge on any atom is -0.294 e. The number of Topliss-reactive ketones (excluding diaryl/α,β-unsaturated/α-hetero) is 1. The second kappa shape index (κ2) is 8.00. The van der Waals surface area contributed by atoms with Crippen LogP contribution < -0.4 is 0 Å². The van der Waals surface area contributed by atoms with Gasteiger partial charge in [-0.3, -0.25) is 4.79 Å². The minimum atomic E-state index is -0.842. The molecule has 0 aliphatic heterocycles. The van der Waals surface area contributed by atoms with E-state index >= 15 is 0 Å². The molecule has 0 aliphatic rings. The van der Waals surface area contributed by atoms with Crippen molar-refractivity contribution >= 4 is 16.8 Å². The highest BCUT2D eigenvalue weighted by atomic mass is 16.1. The topological polar surface area (TPSA) is 47.8 Å². The fourth-order valence-corrected chi connectivity index (χ4v) is 4.23. The van der Waals surface area contributed by atoms with Crippen LogP contribution in [-0.2, 0) is 5.54 Å². The molecule has 0 fully saturated rings. The van der Waals surface area contributed by atoms with Crippen molar-refractivity contribution in [1.29, 1.82) is 0 Å². The van der Waals surface area contributed by atoms with Gasteiger partial charge in [0.2, 0.25) is 0 Å². The first-order valence-corrected chi connectivity index (χ1v) is 10.3. The van der Waals surface area contributed by atoms with Crippen LogP contribution in [0.4, 0.5) is 0 Å². The van der Waals surface area contributed by atoms with Gasteiger partial charge in [0.25, 0.3) is 0 Å². The van der Waals surface area contributed by atoms with Gasteiger partial charge >= 0.3 is 0 Å². The van der Waals surface area contributed by atoms with E-state index in [1.54, 1.807) is 0 Å². The molecule has 0 spiro atoms. The number of hydrogen-bond acceptors (Lipinski definition) is 3. The minimum absolute atomic E-state index is 0.0490. The maximum atomic E-state index is 13.6. The van der Waals surface area contributed by atoms with Crippen molar-refractivity contribution in [2.75, 3.05) is 0 Å². The normalized spacial score (nSPS) is 11.5. The first-order valence-electron chi connectivity index (χ1n) is 10.3. The lowest BCUT2D eigenvalue weighted by Crippen LogP contribution is -2.39. The fourth-order valence-electron chi connectivity index (χ4n) is 4.23. The van der Waals surface area contributed by atoms with Gasteiger partial charge in [0, 0.05) is 12.0 Å². The molecule has 4 nitrogen and oxygen atoms in total. The fraction of sp³-hybridized carbons (Fsp3) is 0.0741. The lowest BCUT2D eigenvalue weighted by Gasteiger charge is -2.35. The van der Waals surface area contributed by atoms with Gasteiger partial charge in [-0.15, -0.1) is 5.10 Å². The smallest absolute Gasteiger partial charge is 0.166 e. The molecule has 31 heavy (non-hydrogen) atoms. The second-order valence-electron chi connectivity index (χ2n) is 7.55. The lowest BCUT2D eigenvalue weighted by atomic mass is 9.77. The van der Waals surface area contributed by atoms with E-state index in [9.17, 15) is 4.79 Å². The Morgan fingerprint density at radius 2 is 1.19 bits per heavy atom. The Hall–Kier alpha value is -4.05. The third-order valence-electron chi connectivity index (χ3n) is 5.73. The summed E-state index contributed by atoms with van der Waals surface area (Å²) in [6, 6.07) is 37.5. The Balaban J connectivity index is 1.81. The molecule has 0 radical (unpaired) electrons. The average molecular weight is 403 g/mol. The highest BCUT2D eigenvalue weighted by Gasteiger charge is 2.41. The van der Waals surface area contributed by atoms with Crippen LogP contribution in [-0.4, -0.2) is 20.8 Å². The van der Waals surface area contributed by atoms with E-state index in [1.807, 2.05) is 95.7 Å². The van der Waals surface area contributed by atoms with E-state index in [-0.39, 0.29) is 12.2 Å². The molecular weight excluding hydrogens is 382 g/mol. The summed E-state index contributed by atoms with van der Waals surface area (Å²) < 4.78 is 1.91. The maximum Gasteiger partial charge on any atom is 0.166 e. The highest BCUT2D eigenvalue weighted by molar-refractivity contribution is 5.97. The Kier molecular flexibility index (Phi) is 4.89. The second-order valence-corrected chi connectivity index (χ2v) is 7.55. The standard InChI is InChI=1S/C27H21N3O/c31-26(21-12-4-1-5-13-21)20-27(22-14-6-2-7-15-22,23-16-8-3-9-17-23)30-25-19-11-10-18-24(25)28-29-30/h1-19H,20H2. The summed E-state index contributed by atoms with van der Waals surface area (Å²) in [4.78, 5) is 13.6. The van der Waals surface area contributed by atoms with Crippen molar-refractivity contribution < 1.29 is 4.79 Å². The summed E-state index contributed by atoms with van der Waals surface area (Å²) in [5.74, 6) is 0.0490. The van der Waals surface area contributed by atoms with Crippen LogP contribution >= 0.6 is 0 Å². The van der Waals surface area contributed by atoms with E-state index in [2.05, 4.69) is 34.6 Å². The summed E-state index contributed by atoms with van der Waals surface area (Å²) in [7, 11) is 0. The van der Waals surface area contributed by atoms with E-state index in [0.717, 1.165) is 22.2 Å². The number of rotatable bonds is 6. The summed E-state index contributed by atoms with van der Waals surface area (Å²) in [6.07, 6.45) is 0.221. The Morgan fingerprint density at radius 3 is 1.81 bits per heavy atom. The van der Waals surface area contributed by atoms with Crippen LogP contribution in [0.2, 0.25) is 0 Å². The molecule has 0 saturated carbocycles. The Morgan fingerprint density at radius 1 is 0.677 bits per heavy atom. The number of fused-ring (bicyclic) bond motifs is 1. The van der Waals surface area contributed by atoms with Crippen molar-refractivity contribution in [1.82, 2.24) is 15.0 Å². The Bertz CT molecular complexity index is 1270. The van der Waals surface area contributed by atoms with Crippen molar-refractivity contribution in [3.05, 3.63) is 132 Å². The van der Waals surface area contributed by atoms with Gasteiger partial charge < -0.3 is 0 Å². The van der Waals surface area contributed by atoms with Crippen molar-refractivity contribution in [2.45, 2.75) is 12.0 Å². The van der Waals surface area contributed by atoms with E-state index < -0.39 is 5.54 Å². The zero-order chi connectivity index (χ0) is 21.1. The zero-order valence-electron chi connectivity index (χ0n) is 16.9. The molecule has 4 aromatic carbocycles. The number of para-hydroxylation sites is 1. The van der Waals surface area contributed by atoms with Gasteiger partial charge in [-0.25, -0.2) is 4.68 Å². The monoisotopic (exact) mass is 403 g/mol. The van der Waals surface area contributed by atoms with Crippen LogP contribution in [0.5, 0.6) is 0 Å². The first kappa shape index (κ1) is 18.9. The van der Waals surface area contributed by atoms with Crippen LogP contribution in [0, 0.1) is 0 Å². The molecule has 0 aliphatic carbocycles. The van der Waals surface area contributed by atoms with Gasteiger partial charge in [0.05, 0.1) is 5.52 Å². The largest absolute Gasteiger partial charge is 0.294 e. The average Bonchev–Trinajstić information content (AvgIpc) is 3.29. The predicted octanol–water partition coefficient (Wildman–Crippen LogP) is 5.50. The van der Waals surface area contributed by atoms with Crippen LogP contribution in [0.25, 0.3) is 11.0 Å². The molecule has 150 valence electrons. The molecule has 0 bridgehead atoms. The third kappa shape index (κ3) is 3.32. The summed E-state index contributed by atoms with van der Waals surface area (Å²) in [5, 5.41) is 9.00. The van der Waals surface area contributed by atoms with Crippen LogP contribution in [0.1, 0.15) is 27.9 Å². The predicted molar refractivity (Wildman–Crippen MR) is 122 cm³/mol. The van der Waals surface area contributed by atoms with Crippen molar-refractivity contribution in [2.24, 2.45) is 0 Å². The zero-order valence-corrected chi connectivity index (χ0v) is 16.9. The molecule has 1 heterocycles. The molecule has 0 N–H and O–H groups in total. The number of carbonyl (C=O) groups excluding carboxylic acids is 1. The van der Waals surface area contributed by atoms with Crippen LogP contribution in [0.15, 0.2) is 115 Å². The van der Waals surface area contributed by atoms with Gasteiger partial charge in [0.1, 0.15) is 11.1 Å². The van der Waals surface area contributed by atoms with Crippen molar-refractivity contribution in [3.63, 3.8) is 0 Å². The third-order valence-corrected chi connectivity index (χ3v) is 5.73. The molecule has 5 aromatic rings. The quantitative estimate of drug-likeness (QED) is 0.352. The molecule has 4 heteroatoms. The molecule has 0 atom stereocenters. The molecule has 0 amide bonds. The molecule has 0 saturated heterocycles. The Labute approximate surface area is 180 Å². The first-order chi connectivity index (χ1) is 15.3. The number of carbonyl (C=O) groups is 1. The van der Waals surface area contributed by atoms with E-state index in [0.29, 0.717) is 5.56 Å². The number of nitrogens with zero attached hydrogens (tertiary/aromatic N) is 3. The van der Waals surface area contributed by atoms with Gasteiger partial charge in [0.15, 0.2) is 5.78 Å². The molecule has 1 aromatic heterocycles. The number of hydrogen-bond donors (Lipinski definition) is 0. The SMILES string of the molecule is O=C(CC(c1ccccc1)(c1ccccc1)n1nnc2ccccc21)c1ccccc1. The van der Waals surface area contributed by atoms with Gasteiger partial charge in [-0.2, -0.15) is 0 Å². The summed E-state index contributed by atoms with van der Waals surface area (Å²) in [6.45, 7) is 0. The lowest BCUT2D eigenvalue weighted by molar-refractivity contribution is 0.0947. The van der Waals surface area contributed by atoms with Gasteiger partial charge in [-0.05, 0) is 23.3 Å².